The highest BCUT2D eigenvalue weighted by Gasteiger charge is 2.24. The van der Waals surface area contributed by atoms with Crippen LogP contribution in [0.3, 0.4) is 0 Å². The highest BCUT2D eigenvalue weighted by atomic mass is 19.2. The maximum absolute atomic E-state index is 13.1. The van der Waals surface area contributed by atoms with Crippen molar-refractivity contribution in [1.29, 1.82) is 0 Å². The van der Waals surface area contributed by atoms with Crippen molar-refractivity contribution in [3.63, 3.8) is 0 Å². The van der Waals surface area contributed by atoms with Crippen LogP contribution in [0.1, 0.15) is 41.4 Å². The molecule has 0 aliphatic carbocycles. The molecule has 0 atom stereocenters. The van der Waals surface area contributed by atoms with Crippen molar-refractivity contribution >= 4 is 23.9 Å². The van der Waals surface area contributed by atoms with E-state index in [0.717, 1.165) is 0 Å². The van der Waals surface area contributed by atoms with Gasteiger partial charge in [-0.05, 0) is 212 Å². The summed E-state index contributed by atoms with van der Waals surface area (Å²) >= 11 is 0. The topological polar surface area (TPSA) is 230 Å². The summed E-state index contributed by atoms with van der Waals surface area (Å²) in [4.78, 5) is 46.0. The summed E-state index contributed by atoms with van der Waals surface area (Å²) in [5.74, 6) is -10.2. The first kappa shape index (κ1) is 67.6. The zero-order chi connectivity index (χ0) is 69.1. The van der Waals surface area contributed by atoms with Crippen LogP contribution in [0.2, 0.25) is 0 Å². The first-order valence-electron chi connectivity index (χ1n) is 28.3. The van der Waals surface area contributed by atoms with Gasteiger partial charge in [0.2, 0.25) is 0 Å². The van der Waals surface area contributed by atoms with Gasteiger partial charge in [-0.15, -0.1) is 0 Å². The molecule has 0 spiro atoms. The van der Waals surface area contributed by atoms with Gasteiger partial charge in [-0.25, -0.2) is 54.3 Å². The third kappa shape index (κ3) is 16.2. The van der Waals surface area contributed by atoms with Gasteiger partial charge >= 0.3 is 23.9 Å². The average molecular weight is 1310 g/mol. The van der Waals surface area contributed by atoms with Gasteiger partial charge in [0.15, 0.2) is 0 Å². The van der Waals surface area contributed by atoms with Gasteiger partial charge in [-0.2, -0.15) is 0 Å². The van der Waals surface area contributed by atoms with Crippen molar-refractivity contribution in [3.8, 4) is 112 Å². The molecule has 0 unspecified atom stereocenters. The summed E-state index contributed by atoms with van der Waals surface area (Å²) in [6, 6.07) is 55.1. The second-order valence-corrected chi connectivity index (χ2v) is 20.9. The van der Waals surface area contributed by atoms with Crippen LogP contribution in [0.15, 0.2) is 243 Å². The van der Waals surface area contributed by atoms with Crippen LogP contribution >= 0.6 is 0 Å². The number of hydrogen-bond donors (Lipinski definition) is 8. The third-order valence-electron chi connectivity index (χ3n) is 14.7. The van der Waals surface area contributed by atoms with Gasteiger partial charge in [0, 0.05) is 22.3 Å². The minimum Gasteiger partial charge on any atom is -0.507 e. The normalized spacial score (nSPS) is 10.6. The number of hydrogen-bond acceptors (Lipinski definition) is 8. The molecule has 480 valence electrons. The van der Waals surface area contributed by atoms with Crippen molar-refractivity contribution in [2.75, 3.05) is 0 Å². The summed E-state index contributed by atoms with van der Waals surface area (Å²) in [5.41, 5.74) is 6.30. The first-order chi connectivity index (χ1) is 45.8. The summed E-state index contributed by atoms with van der Waals surface area (Å²) in [7, 11) is 0. The highest BCUT2D eigenvalue weighted by Crippen LogP contribution is 2.41. The van der Waals surface area contributed by atoms with Crippen LogP contribution in [0.25, 0.3) is 89.0 Å². The van der Waals surface area contributed by atoms with Crippen molar-refractivity contribution in [2.45, 2.75) is 0 Å². The zero-order valence-corrected chi connectivity index (χ0v) is 49.3. The van der Waals surface area contributed by atoms with Crippen LogP contribution < -0.4 is 0 Å². The number of rotatable bonds is 12. The van der Waals surface area contributed by atoms with E-state index in [2.05, 4.69) is 0 Å². The lowest BCUT2D eigenvalue weighted by Crippen LogP contribution is -2.01. The Kier molecular flexibility index (Phi) is 20.8. The standard InChI is InChI=1S/4C19H12F2O3/c4*20-14-5-1-11(2-6-14)13-9-16(12-3-7-15(21)8-4-12)18(19(23)24)17(22)10-13/h4*1-10,22H,(H,23,24). The van der Waals surface area contributed by atoms with E-state index >= 15 is 0 Å². The maximum Gasteiger partial charge on any atom is 0.340 e. The molecule has 0 heterocycles. The lowest BCUT2D eigenvalue weighted by Gasteiger charge is -2.12. The van der Waals surface area contributed by atoms with Crippen LogP contribution in [0.5, 0.6) is 23.0 Å². The number of carboxylic acids is 4. The Hall–Kier alpha value is -12.8. The highest BCUT2D eigenvalue weighted by molar-refractivity contribution is 6.03. The Morgan fingerprint density at radius 2 is 0.312 bits per heavy atom. The monoisotopic (exact) mass is 1300 g/mol. The molecule has 12 rings (SSSR count). The largest absolute Gasteiger partial charge is 0.507 e. The lowest BCUT2D eigenvalue weighted by atomic mass is 9.93. The molecule has 96 heavy (non-hydrogen) atoms. The fraction of sp³-hybridized carbons (Fsp3) is 0. The number of benzene rings is 12. The molecule has 0 aromatic heterocycles. The summed E-state index contributed by atoms with van der Waals surface area (Å²) in [6.45, 7) is 0. The minimum atomic E-state index is -1.29. The average Bonchev–Trinajstić information content (AvgIpc) is 0.817. The fourth-order valence-corrected chi connectivity index (χ4v) is 10.1. The minimum absolute atomic E-state index is 0.252. The lowest BCUT2D eigenvalue weighted by molar-refractivity contribution is 0.0683. The van der Waals surface area contributed by atoms with Gasteiger partial charge in [0.1, 0.15) is 91.8 Å². The second kappa shape index (κ2) is 29.6. The maximum atomic E-state index is 13.1. The predicted octanol–water partition coefficient (Wildman–Crippen LogP) is 18.8. The predicted molar refractivity (Wildman–Crippen MR) is 343 cm³/mol. The van der Waals surface area contributed by atoms with E-state index in [9.17, 15) is 95.2 Å². The van der Waals surface area contributed by atoms with E-state index in [0.29, 0.717) is 66.8 Å². The third-order valence-corrected chi connectivity index (χ3v) is 14.7. The molecule has 20 heteroatoms. The Balaban J connectivity index is 0.000000150. The molecular weight excluding hydrogens is 1260 g/mol. The number of aromatic hydroxyl groups is 4. The number of aromatic carboxylic acids is 4. The van der Waals surface area contributed by atoms with Gasteiger partial charge in [-0.3, -0.25) is 0 Å². The Morgan fingerprint density at radius 1 is 0.188 bits per heavy atom. The molecule has 0 aliphatic rings. The van der Waals surface area contributed by atoms with E-state index < -0.39 is 93.4 Å². The van der Waals surface area contributed by atoms with Crippen molar-refractivity contribution < 1.29 is 95.2 Å². The molecule has 0 amide bonds. The van der Waals surface area contributed by atoms with Gasteiger partial charge in [0.05, 0.1) is 0 Å². The zero-order valence-electron chi connectivity index (χ0n) is 49.3. The number of carboxylic acid groups (broad SMARTS) is 4. The van der Waals surface area contributed by atoms with Crippen LogP contribution in [-0.2, 0) is 0 Å². The molecule has 0 fully saturated rings. The SMILES string of the molecule is O=C(O)c1c(O)cc(-c2ccc(F)cc2)cc1-c1ccc(F)cc1.O=C(O)c1c(O)cc(-c2ccc(F)cc2)cc1-c1ccc(F)cc1.O=C(O)c1c(O)cc(-c2ccc(F)cc2)cc1-c1ccc(F)cc1.O=C(O)c1c(O)cc(-c2ccc(F)cc2)cc1-c1ccc(F)cc1. The van der Waals surface area contributed by atoms with Gasteiger partial charge in [-0.1, -0.05) is 97.1 Å². The molecule has 0 saturated heterocycles. The quantitative estimate of drug-likeness (QED) is 0.0534. The smallest absolute Gasteiger partial charge is 0.340 e. The molecule has 0 saturated carbocycles. The van der Waals surface area contributed by atoms with E-state index in [1.807, 2.05) is 0 Å². The second-order valence-electron chi connectivity index (χ2n) is 20.9. The van der Waals surface area contributed by atoms with E-state index in [4.69, 9.17) is 0 Å². The van der Waals surface area contributed by atoms with Gasteiger partial charge < -0.3 is 40.9 Å². The van der Waals surface area contributed by atoms with Crippen molar-refractivity contribution in [2.24, 2.45) is 0 Å². The van der Waals surface area contributed by atoms with E-state index in [1.54, 1.807) is 24.3 Å². The van der Waals surface area contributed by atoms with Crippen LogP contribution in [-0.4, -0.2) is 64.7 Å². The van der Waals surface area contributed by atoms with Crippen LogP contribution in [0, 0.1) is 46.5 Å². The molecule has 12 aromatic carbocycles. The van der Waals surface area contributed by atoms with Crippen molar-refractivity contribution in [1.82, 2.24) is 0 Å². The van der Waals surface area contributed by atoms with E-state index in [-0.39, 0.29) is 44.5 Å². The van der Waals surface area contributed by atoms with E-state index in [1.165, 1.54) is 218 Å². The molecule has 0 aliphatic heterocycles. The summed E-state index contributed by atoms with van der Waals surface area (Å²) in [5, 5.41) is 78.1. The van der Waals surface area contributed by atoms with Crippen molar-refractivity contribution in [3.05, 3.63) is 311 Å². The molecule has 8 N–H and O–H groups in total. The molecule has 12 nitrogen and oxygen atoms in total. The Morgan fingerprint density at radius 3 is 0.438 bits per heavy atom. The summed E-state index contributed by atoms with van der Waals surface area (Å²) in [6.07, 6.45) is 0. The molecule has 0 radical (unpaired) electrons. The first-order valence-corrected chi connectivity index (χ1v) is 28.3. The van der Waals surface area contributed by atoms with Crippen LogP contribution in [0.4, 0.5) is 35.1 Å². The fourth-order valence-electron chi connectivity index (χ4n) is 10.1. The number of halogens is 8. The Bertz CT molecular complexity index is 4220. The molecule has 0 bridgehead atoms. The summed E-state index contributed by atoms with van der Waals surface area (Å²) < 4.78 is 105. The number of carbonyl (C=O) groups is 4. The number of phenols is 4. The molecular formula is C76H48F8O12. The van der Waals surface area contributed by atoms with Gasteiger partial charge in [0.25, 0.3) is 0 Å². The Labute approximate surface area is 540 Å². The molecule has 12 aromatic rings.